The lowest BCUT2D eigenvalue weighted by Gasteiger charge is -2.37. The number of aliphatic carboxylic acids is 1. The highest BCUT2D eigenvalue weighted by Crippen LogP contribution is 2.63. The lowest BCUT2D eigenvalue weighted by atomic mass is 9.67. The highest BCUT2D eigenvalue weighted by atomic mass is 16.4. The van der Waals surface area contributed by atoms with E-state index in [1.807, 2.05) is 0 Å². The molecule has 2 fully saturated rings. The molecule has 3 aliphatic rings. The molecular weight excluding hydrogens is 224 g/mol. The zero-order chi connectivity index (χ0) is 12.3. The summed E-state index contributed by atoms with van der Waals surface area (Å²) >= 11 is 0. The number of hydrogen-bond donors (Lipinski definition) is 1. The van der Waals surface area contributed by atoms with Gasteiger partial charge in [-0.2, -0.15) is 0 Å². The number of fused-ring (bicyclic) bond motifs is 2. The van der Waals surface area contributed by atoms with Gasteiger partial charge in [-0.1, -0.05) is 24.3 Å². The molecule has 94 valence electrons. The second-order valence-corrected chi connectivity index (χ2v) is 6.55. The van der Waals surface area contributed by atoms with Gasteiger partial charge in [-0.15, -0.1) is 0 Å². The molecule has 1 aromatic carbocycles. The van der Waals surface area contributed by atoms with Crippen molar-refractivity contribution in [3.8, 4) is 0 Å². The van der Waals surface area contributed by atoms with Crippen LogP contribution >= 0.6 is 0 Å². The summed E-state index contributed by atoms with van der Waals surface area (Å²) in [6, 6.07) is 8.50. The van der Waals surface area contributed by atoms with Crippen molar-refractivity contribution in [1.29, 1.82) is 0 Å². The van der Waals surface area contributed by atoms with Gasteiger partial charge in [0.25, 0.3) is 0 Å². The van der Waals surface area contributed by atoms with Crippen LogP contribution in [0.4, 0.5) is 0 Å². The summed E-state index contributed by atoms with van der Waals surface area (Å²) in [5.74, 6) is 1.42. The second kappa shape index (κ2) is 3.37. The third-order valence-electron chi connectivity index (χ3n) is 5.43. The summed E-state index contributed by atoms with van der Waals surface area (Å²) in [6.45, 7) is 0. The molecule has 1 aromatic rings. The molecule has 0 aromatic heterocycles. The van der Waals surface area contributed by atoms with Crippen LogP contribution in [0.5, 0.6) is 0 Å². The predicted octanol–water partition coefficient (Wildman–Crippen LogP) is 3.22. The minimum atomic E-state index is -0.543. The highest BCUT2D eigenvalue weighted by molar-refractivity contribution is 5.75. The predicted molar refractivity (Wildman–Crippen MR) is 68.4 cm³/mol. The van der Waals surface area contributed by atoms with E-state index in [0.29, 0.717) is 5.92 Å². The van der Waals surface area contributed by atoms with Crippen LogP contribution in [0.15, 0.2) is 24.3 Å². The second-order valence-electron chi connectivity index (χ2n) is 6.55. The Morgan fingerprint density at radius 2 is 2.00 bits per heavy atom. The van der Waals surface area contributed by atoms with Gasteiger partial charge in [-0.25, -0.2) is 0 Å². The number of hydrogen-bond acceptors (Lipinski definition) is 1. The monoisotopic (exact) mass is 242 g/mol. The Morgan fingerprint density at radius 1 is 1.28 bits per heavy atom. The molecule has 4 rings (SSSR count). The largest absolute Gasteiger partial charge is 0.481 e. The van der Waals surface area contributed by atoms with Gasteiger partial charge in [0.15, 0.2) is 0 Å². The van der Waals surface area contributed by atoms with E-state index in [-0.39, 0.29) is 0 Å². The molecule has 0 heterocycles. The lowest BCUT2D eigenvalue weighted by Crippen LogP contribution is -2.34. The van der Waals surface area contributed by atoms with Crippen LogP contribution in [0, 0.1) is 17.3 Å². The van der Waals surface area contributed by atoms with Crippen LogP contribution in [0.1, 0.15) is 42.7 Å². The fraction of sp³-hybridized carbons (Fsp3) is 0.562. The summed E-state index contributed by atoms with van der Waals surface area (Å²) in [6.07, 6.45) is 5.11. The van der Waals surface area contributed by atoms with Crippen LogP contribution in [0.2, 0.25) is 0 Å². The molecule has 3 unspecified atom stereocenters. The van der Waals surface area contributed by atoms with Gasteiger partial charge in [0.05, 0.1) is 5.41 Å². The normalized spacial score (nSPS) is 39.7. The fourth-order valence-electron chi connectivity index (χ4n) is 4.34. The van der Waals surface area contributed by atoms with Crippen molar-refractivity contribution in [2.45, 2.75) is 38.0 Å². The molecule has 1 N–H and O–H groups in total. The third kappa shape index (κ3) is 1.38. The van der Waals surface area contributed by atoms with Crippen molar-refractivity contribution in [1.82, 2.24) is 0 Å². The Kier molecular flexibility index (Phi) is 1.98. The first-order valence-corrected chi connectivity index (χ1v) is 6.99. The standard InChI is InChI=1S/C16H18O2/c17-15(18)16(7-11-6-12(11)8-16)9-13-5-10-3-1-2-4-14(10)13/h1-4,11-13H,5-9H2,(H,17,18). The van der Waals surface area contributed by atoms with E-state index in [4.69, 9.17) is 0 Å². The highest BCUT2D eigenvalue weighted by Gasteiger charge is 2.58. The Morgan fingerprint density at radius 3 is 2.67 bits per heavy atom. The van der Waals surface area contributed by atoms with Crippen LogP contribution in [-0.4, -0.2) is 11.1 Å². The average molecular weight is 242 g/mol. The Hall–Kier alpha value is -1.31. The van der Waals surface area contributed by atoms with Crippen molar-refractivity contribution in [3.05, 3.63) is 35.4 Å². The topological polar surface area (TPSA) is 37.3 Å². The maximum Gasteiger partial charge on any atom is 0.309 e. The number of carbonyl (C=O) groups is 1. The third-order valence-corrected chi connectivity index (χ3v) is 5.43. The van der Waals surface area contributed by atoms with Gasteiger partial charge in [0.2, 0.25) is 0 Å². The molecule has 2 heteroatoms. The number of carboxylic acid groups (broad SMARTS) is 1. The van der Waals surface area contributed by atoms with E-state index in [0.717, 1.165) is 37.5 Å². The molecule has 0 amide bonds. The quantitative estimate of drug-likeness (QED) is 0.883. The van der Waals surface area contributed by atoms with Gasteiger partial charge >= 0.3 is 5.97 Å². The molecule has 3 aliphatic carbocycles. The zero-order valence-electron chi connectivity index (χ0n) is 10.4. The van der Waals surface area contributed by atoms with Crippen LogP contribution in [0.25, 0.3) is 0 Å². The van der Waals surface area contributed by atoms with E-state index < -0.39 is 11.4 Å². The molecule has 18 heavy (non-hydrogen) atoms. The summed E-state index contributed by atoms with van der Waals surface area (Å²) in [7, 11) is 0. The van der Waals surface area contributed by atoms with Crippen molar-refractivity contribution >= 4 is 5.97 Å². The maximum absolute atomic E-state index is 11.7. The van der Waals surface area contributed by atoms with Crippen molar-refractivity contribution in [2.75, 3.05) is 0 Å². The lowest BCUT2D eigenvalue weighted by molar-refractivity contribution is -0.150. The van der Waals surface area contributed by atoms with E-state index in [1.54, 1.807) is 0 Å². The molecule has 0 aliphatic heterocycles. The minimum absolute atomic E-state index is 0.397. The molecule has 0 bridgehead atoms. The molecule has 0 radical (unpaired) electrons. The van der Waals surface area contributed by atoms with Gasteiger partial charge < -0.3 is 5.11 Å². The SMILES string of the molecule is O=C(O)C1(CC2Cc3ccccc32)CC2CC2C1. The molecule has 0 saturated heterocycles. The van der Waals surface area contributed by atoms with Gasteiger partial charge in [-0.05, 0) is 61.0 Å². The van der Waals surface area contributed by atoms with Gasteiger partial charge in [0, 0.05) is 0 Å². The Labute approximate surface area is 107 Å². The van der Waals surface area contributed by atoms with Crippen molar-refractivity contribution in [3.63, 3.8) is 0 Å². The maximum atomic E-state index is 11.7. The molecule has 2 saturated carbocycles. The van der Waals surface area contributed by atoms with E-state index in [2.05, 4.69) is 24.3 Å². The summed E-state index contributed by atoms with van der Waals surface area (Å²) < 4.78 is 0. The average Bonchev–Trinajstić information content (AvgIpc) is 2.94. The van der Waals surface area contributed by atoms with Crippen molar-refractivity contribution in [2.24, 2.45) is 17.3 Å². The molecular formula is C16H18O2. The van der Waals surface area contributed by atoms with E-state index in [9.17, 15) is 9.90 Å². The molecule has 2 nitrogen and oxygen atoms in total. The van der Waals surface area contributed by atoms with Gasteiger partial charge in [-0.3, -0.25) is 4.79 Å². The number of rotatable bonds is 3. The zero-order valence-corrected chi connectivity index (χ0v) is 10.4. The number of benzene rings is 1. The Bertz CT molecular complexity index is 510. The van der Waals surface area contributed by atoms with Gasteiger partial charge in [0.1, 0.15) is 0 Å². The van der Waals surface area contributed by atoms with Crippen molar-refractivity contribution < 1.29 is 9.90 Å². The summed E-state index contributed by atoms with van der Waals surface area (Å²) in [5.41, 5.74) is 2.43. The first kappa shape index (κ1) is 10.6. The Balaban J connectivity index is 1.56. The first-order chi connectivity index (χ1) is 8.68. The van der Waals surface area contributed by atoms with Crippen LogP contribution < -0.4 is 0 Å². The molecule has 3 atom stereocenters. The van der Waals surface area contributed by atoms with Crippen LogP contribution in [-0.2, 0) is 11.2 Å². The summed E-state index contributed by atoms with van der Waals surface area (Å²) in [5, 5.41) is 9.62. The first-order valence-electron chi connectivity index (χ1n) is 6.99. The molecule has 0 spiro atoms. The smallest absolute Gasteiger partial charge is 0.309 e. The number of carboxylic acids is 1. The van der Waals surface area contributed by atoms with Crippen LogP contribution in [0.3, 0.4) is 0 Å². The summed E-state index contributed by atoms with van der Waals surface area (Å²) in [4.78, 5) is 11.7. The van der Waals surface area contributed by atoms with E-state index in [1.165, 1.54) is 17.5 Å². The van der Waals surface area contributed by atoms with E-state index >= 15 is 0 Å². The minimum Gasteiger partial charge on any atom is -0.481 e. The fourth-order valence-corrected chi connectivity index (χ4v) is 4.34.